The standard InChI is InChI=1S/C12H13BrN2S/c13-11-6-2-1-5-10(11)12-15-9(8-16-12)4-3-7-14/h1-2,5-6,8H,3-4,7,14H2. The molecule has 1 aromatic carbocycles. The molecule has 0 bridgehead atoms. The van der Waals surface area contributed by atoms with Crippen LogP contribution in [0.1, 0.15) is 12.1 Å². The average Bonchev–Trinajstić information content (AvgIpc) is 2.75. The Labute approximate surface area is 108 Å². The smallest absolute Gasteiger partial charge is 0.124 e. The summed E-state index contributed by atoms with van der Waals surface area (Å²) in [5, 5.41) is 3.18. The zero-order valence-electron chi connectivity index (χ0n) is 8.82. The van der Waals surface area contributed by atoms with E-state index in [0.717, 1.165) is 40.1 Å². The Hall–Kier alpha value is -0.710. The van der Waals surface area contributed by atoms with Gasteiger partial charge in [0.1, 0.15) is 5.01 Å². The summed E-state index contributed by atoms with van der Waals surface area (Å²) in [6.45, 7) is 0.724. The summed E-state index contributed by atoms with van der Waals surface area (Å²) in [7, 11) is 0. The van der Waals surface area contributed by atoms with Crippen molar-refractivity contribution in [3.05, 3.63) is 39.8 Å². The fourth-order valence-corrected chi connectivity index (χ4v) is 2.96. The molecule has 1 aromatic heterocycles. The van der Waals surface area contributed by atoms with Crippen molar-refractivity contribution in [1.29, 1.82) is 0 Å². The lowest BCUT2D eigenvalue weighted by molar-refractivity contribution is 0.816. The van der Waals surface area contributed by atoms with E-state index >= 15 is 0 Å². The lowest BCUT2D eigenvalue weighted by Crippen LogP contribution is -2.00. The molecule has 0 fully saturated rings. The maximum Gasteiger partial charge on any atom is 0.124 e. The Morgan fingerprint density at radius 2 is 2.12 bits per heavy atom. The monoisotopic (exact) mass is 296 g/mol. The van der Waals surface area contributed by atoms with E-state index in [-0.39, 0.29) is 0 Å². The molecule has 0 aliphatic rings. The van der Waals surface area contributed by atoms with Crippen LogP contribution in [0.4, 0.5) is 0 Å². The molecule has 2 aromatic rings. The van der Waals surface area contributed by atoms with E-state index in [4.69, 9.17) is 5.73 Å². The lowest BCUT2D eigenvalue weighted by atomic mass is 10.2. The predicted octanol–water partition coefficient (Wildman–Crippen LogP) is 3.46. The molecule has 1 heterocycles. The van der Waals surface area contributed by atoms with Crippen molar-refractivity contribution in [3.63, 3.8) is 0 Å². The van der Waals surface area contributed by atoms with Crippen molar-refractivity contribution < 1.29 is 0 Å². The molecule has 0 aliphatic carbocycles. The second kappa shape index (κ2) is 5.57. The highest BCUT2D eigenvalue weighted by molar-refractivity contribution is 9.10. The third-order valence-corrected chi connectivity index (χ3v) is 3.91. The molecule has 0 saturated carbocycles. The van der Waals surface area contributed by atoms with Crippen molar-refractivity contribution in [2.45, 2.75) is 12.8 Å². The molecule has 0 unspecified atom stereocenters. The number of aryl methyl sites for hydroxylation is 1. The van der Waals surface area contributed by atoms with Crippen LogP contribution in [0.5, 0.6) is 0 Å². The molecule has 2 rings (SSSR count). The van der Waals surface area contributed by atoms with E-state index in [9.17, 15) is 0 Å². The fourth-order valence-electron chi connectivity index (χ4n) is 1.46. The summed E-state index contributed by atoms with van der Waals surface area (Å²) in [4.78, 5) is 4.61. The van der Waals surface area contributed by atoms with Crippen LogP contribution in [0.2, 0.25) is 0 Å². The first-order valence-electron chi connectivity index (χ1n) is 5.20. The normalized spacial score (nSPS) is 10.6. The van der Waals surface area contributed by atoms with Crippen LogP contribution < -0.4 is 5.73 Å². The minimum atomic E-state index is 0.724. The van der Waals surface area contributed by atoms with Gasteiger partial charge in [0.15, 0.2) is 0 Å². The molecule has 0 amide bonds. The lowest BCUT2D eigenvalue weighted by Gasteiger charge is -1.98. The number of benzene rings is 1. The number of hydrogen-bond donors (Lipinski definition) is 1. The number of rotatable bonds is 4. The first-order chi connectivity index (χ1) is 7.81. The van der Waals surface area contributed by atoms with Crippen molar-refractivity contribution >= 4 is 27.3 Å². The van der Waals surface area contributed by atoms with Gasteiger partial charge < -0.3 is 5.73 Å². The van der Waals surface area contributed by atoms with Crippen molar-refractivity contribution in [1.82, 2.24) is 4.98 Å². The van der Waals surface area contributed by atoms with Gasteiger partial charge in [0.2, 0.25) is 0 Å². The summed E-state index contributed by atoms with van der Waals surface area (Å²) in [5.74, 6) is 0. The predicted molar refractivity (Wildman–Crippen MR) is 72.6 cm³/mol. The number of nitrogens with two attached hydrogens (primary N) is 1. The summed E-state index contributed by atoms with van der Waals surface area (Å²) in [6.07, 6.45) is 1.97. The molecule has 2 nitrogen and oxygen atoms in total. The van der Waals surface area contributed by atoms with Crippen LogP contribution in [-0.4, -0.2) is 11.5 Å². The van der Waals surface area contributed by atoms with Gasteiger partial charge in [0, 0.05) is 15.4 Å². The molecule has 16 heavy (non-hydrogen) atoms. The molecule has 0 aliphatic heterocycles. The number of hydrogen-bond acceptors (Lipinski definition) is 3. The highest BCUT2D eigenvalue weighted by Crippen LogP contribution is 2.30. The molecule has 0 saturated heterocycles. The van der Waals surface area contributed by atoms with Crippen LogP contribution in [0.15, 0.2) is 34.1 Å². The van der Waals surface area contributed by atoms with Gasteiger partial charge in [-0.25, -0.2) is 4.98 Å². The number of nitrogens with zero attached hydrogens (tertiary/aromatic N) is 1. The van der Waals surface area contributed by atoms with Gasteiger partial charge in [0.25, 0.3) is 0 Å². The van der Waals surface area contributed by atoms with Crippen LogP contribution in [0.3, 0.4) is 0 Å². The molecule has 0 spiro atoms. The zero-order chi connectivity index (χ0) is 11.4. The van der Waals surface area contributed by atoms with E-state index < -0.39 is 0 Å². The molecule has 84 valence electrons. The first kappa shape index (κ1) is 11.8. The maximum absolute atomic E-state index is 5.49. The first-order valence-corrected chi connectivity index (χ1v) is 6.88. The Bertz CT molecular complexity index is 468. The van der Waals surface area contributed by atoms with Gasteiger partial charge >= 0.3 is 0 Å². The van der Waals surface area contributed by atoms with Gasteiger partial charge in [0.05, 0.1) is 5.69 Å². The Balaban J connectivity index is 2.22. The van der Waals surface area contributed by atoms with Gasteiger partial charge in [-0.3, -0.25) is 0 Å². The van der Waals surface area contributed by atoms with E-state index in [1.54, 1.807) is 11.3 Å². The minimum absolute atomic E-state index is 0.724. The summed E-state index contributed by atoms with van der Waals surface area (Å²) in [6, 6.07) is 8.16. The molecule has 4 heteroatoms. The SMILES string of the molecule is NCCCc1csc(-c2ccccc2Br)n1. The van der Waals surface area contributed by atoms with E-state index in [1.165, 1.54) is 0 Å². The Morgan fingerprint density at radius 1 is 1.31 bits per heavy atom. The zero-order valence-corrected chi connectivity index (χ0v) is 11.2. The van der Waals surface area contributed by atoms with Crippen molar-refractivity contribution in [2.75, 3.05) is 6.54 Å². The van der Waals surface area contributed by atoms with Gasteiger partial charge in [-0.2, -0.15) is 0 Å². The molecular weight excluding hydrogens is 284 g/mol. The quantitative estimate of drug-likeness (QED) is 0.938. The van der Waals surface area contributed by atoms with Crippen LogP contribution in [-0.2, 0) is 6.42 Å². The van der Waals surface area contributed by atoms with Crippen molar-refractivity contribution in [3.8, 4) is 10.6 Å². The van der Waals surface area contributed by atoms with Crippen LogP contribution >= 0.6 is 27.3 Å². The minimum Gasteiger partial charge on any atom is -0.330 e. The summed E-state index contributed by atoms with van der Waals surface area (Å²) >= 11 is 5.23. The van der Waals surface area contributed by atoms with E-state index in [2.05, 4.69) is 32.4 Å². The van der Waals surface area contributed by atoms with E-state index in [1.807, 2.05) is 18.2 Å². The topological polar surface area (TPSA) is 38.9 Å². The molecule has 2 N–H and O–H groups in total. The average molecular weight is 297 g/mol. The summed E-state index contributed by atoms with van der Waals surface area (Å²) in [5.41, 5.74) is 7.79. The summed E-state index contributed by atoms with van der Waals surface area (Å²) < 4.78 is 1.09. The molecular formula is C12H13BrN2S. The number of halogens is 1. The second-order valence-electron chi connectivity index (χ2n) is 3.52. The van der Waals surface area contributed by atoms with Gasteiger partial charge in [-0.1, -0.05) is 34.1 Å². The number of aromatic nitrogens is 1. The Morgan fingerprint density at radius 3 is 2.88 bits per heavy atom. The number of thiazole rings is 1. The highest BCUT2D eigenvalue weighted by atomic mass is 79.9. The van der Waals surface area contributed by atoms with Crippen LogP contribution in [0.25, 0.3) is 10.6 Å². The Kier molecular flexibility index (Phi) is 4.09. The van der Waals surface area contributed by atoms with E-state index in [0.29, 0.717) is 0 Å². The molecule has 0 radical (unpaired) electrons. The molecule has 0 atom stereocenters. The largest absolute Gasteiger partial charge is 0.330 e. The van der Waals surface area contributed by atoms with Gasteiger partial charge in [-0.15, -0.1) is 11.3 Å². The van der Waals surface area contributed by atoms with Crippen LogP contribution in [0, 0.1) is 0 Å². The second-order valence-corrected chi connectivity index (χ2v) is 5.23. The fraction of sp³-hybridized carbons (Fsp3) is 0.250. The third-order valence-electron chi connectivity index (χ3n) is 2.29. The van der Waals surface area contributed by atoms with Crippen molar-refractivity contribution in [2.24, 2.45) is 5.73 Å². The third kappa shape index (κ3) is 2.70. The highest BCUT2D eigenvalue weighted by Gasteiger charge is 2.07. The van der Waals surface area contributed by atoms with Gasteiger partial charge in [-0.05, 0) is 25.5 Å². The maximum atomic E-state index is 5.49.